The fourth-order valence-corrected chi connectivity index (χ4v) is 2.80. The molecule has 0 radical (unpaired) electrons. The van der Waals surface area contributed by atoms with Gasteiger partial charge in [0.05, 0.1) is 6.21 Å². The molecule has 0 aliphatic rings. The van der Waals surface area contributed by atoms with Crippen molar-refractivity contribution in [2.45, 2.75) is 6.54 Å². The van der Waals surface area contributed by atoms with Crippen LogP contribution in [0.1, 0.15) is 11.1 Å². The quantitative estimate of drug-likeness (QED) is 0.172. The van der Waals surface area contributed by atoms with Gasteiger partial charge in [-0.1, -0.05) is 46.3 Å². The Morgan fingerprint density at radius 1 is 1.34 bits per heavy atom. The average molecular weight is 476 g/mol. The van der Waals surface area contributed by atoms with Crippen molar-refractivity contribution in [3.63, 3.8) is 0 Å². The van der Waals surface area contributed by atoms with Crippen LogP contribution in [0.5, 0.6) is 5.75 Å². The first-order chi connectivity index (χ1) is 14.0. The van der Waals surface area contributed by atoms with Gasteiger partial charge in [0.15, 0.2) is 6.61 Å². The van der Waals surface area contributed by atoms with Gasteiger partial charge in [0.25, 0.3) is 11.9 Å². The van der Waals surface area contributed by atoms with E-state index in [9.17, 15) is 4.79 Å². The van der Waals surface area contributed by atoms with Crippen molar-refractivity contribution in [2.24, 2.45) is 5.10 Å². The highest BCUT2D eigenvalue weighted by molar-refractivity contribution is 9.10. The predicted octanol–water partition coefficient (Wildman–Crippen LogP) is 2.56. The highest BCUT2D eigenvalue weighted by atomic mass is 79.9. The molecule has 0 saturated heterocycles. The molecular formula is C18H18BrN7O2S. The number of nitrogens with one attached hydrogen (secondary N) is 3. The summed E-state index contributed by atoms with van der Waals surface area (Å²) in [7, 11) is 0. The number of benzene rings is 2. The molecule has 3 rings (SSSR count). The van der Waals surface area contributed by atoms with Gasteiger partial charge in [0.1, 0.15) is 5.75 Å². The van der Waals surface area contributed by atoms with Crippen molar-refractivity contribution in [1.82, 2.24) is 20.2 Å². The van der Waals surface area contributed by atoms with Gasteiger partial charge in [-0.2, -0.15) is 9.78 Å². The van der Waals surface area contributed by atoms with Crippen molar-refractivity contribution in [3.8, 4) is 5.75 Å². The molecular weight excluding hydrogens is 458 g/mol. The number of hydrogen-bond donors (Lipinski definition) is 4. The van der Waals surface area contributed by atoms with Gasteiger partial charge in [-0.05, 0) is 36.0 Å². The molecule has 0 bridgehead atoms. The topological polar surface area (TPSA) is 122 Å². The molecule has 1 aromatic heterocycles. The Balaban J connectivity index is 1.59. The van der Waals surface area contributed by atoms with Crippen LogP contribution < -0.4 is 21.3 Å². The first kappa shape index (κ1) is 20.6. The monoisotopic (exact) mass is 475 g/mol. The van der Waals surface area contributed by atoms with Gasteiger partial charge in [-0.25, -0.2) is 10.5 Å². The Bertz CT molecular complexity index is 1070. The van der Waals surface area contributed by atoms with Crippen molar-refractivity contribution < 1.29 is 9.53 Å². The van der Waals surface area contributed by atoms with E-state index >= 15 is 0 Å². The number of H-pyrrole nitrogens is 1. The SMILES string of the molecule is Nn1c(NN=Cc2cc(Br)ccc2OCC(=O)NCc2ccccc2)n[nH]c1=S. The molecule has 0 aliphatic heterocycles. The molecule has 11 heteroatoms. The van der Waals surface area contributed by atoms with Crippen LogP contribution in [0.4, 0.5) is 5.95 Å². The van der Waals surface area contributed by atoms with Gasteiger partial charge >= 0.3 is 0 Å². The minimum atomic E-state index is -0.226. The number of anilines is 1. The van der Waals surface area contributed by atoms with Gasteiger partial charge in [-0.3, -0.25) is 4.79 Å². The summed E-state index contributed by atoms with van der Waals surface area (Å²) < 4.78 is 7.90. The summed E-state index contributed by atoms with van der Waals surface area (Å²) in [5.74, 6) is 6.22. The van der Waals surface area contributed by atoms with Crippen molar-refractivity contribution >= 4 is 46.2 Å². The number of nitrogens with two attached hydrogens (primary N) is 1. The van der Waals surface area contributed by atoms with Crippen LogP contribution in [-0.4, -0.2) is 33.6 Å². The molecule has 5 N–H and O–H groups in total. The molecule has 3 aromatic rings. The zero-order valence-electron chi connectivity index (χ0n) is 15.1. The standard InChI is InChI=1S/C18H18BrN7O2S/c19-14-6-7-15(28-11-16(27)21-9-12-4-2-1-3-5-12)13(8-14)10-22-23-17-24-25-18(29)26(17)20/h1-8,10H,9,11,20H2,(H,21,27)(H,23,24)(H,25,29). The summed E-state index contributed by atoms with van der Waals surface area (Å²) in [5, 5.41) is 13.3. The Labute approximate surface area is 180 Å². The fourth-order valence-electron chi connectivity index (χ4n) is 2.29. The van der Waals surface area contributed by atoms with Gasteiger partial charge in [0, 0.05) is 16.6 Å². The first-order valence-corrected chi connectivity index (χ1v) is 9.67. The Morgan fingerprint density at radius 3 is 2.86 bits per heavy atom. The zero-order chi connectivity index (χ0) is 20.6. The third kappa shape index (κ3) is 5.90. The number of aromatic nitrogens is 3. The second-order valence-electron chi connectivity index (χ2n) is 5.83. The fraction of sp³-hybridized carbons (Fsp3) is 0.111. The van der Waals surface area contributed by atoms with E-state index in [1.54, 1.807) is 6.07 Å². The lowest BCUT2D eigenvalue weighted by atomic mass is 10.2. The molecule has 0 fully saturated rings. The van der Waals surface area contributed by atoms with E-state index in [0.717, 1.165) is 14.7 Å². The van der Waals surface area contributed by atoms with Crippen LogP contribution in [0.3, 0.4) is 0 Å². The summed E-state index contributed by atoms with van der Waals surface area (Å²) in [6.45, 7) is 0.319. The molecule has 29 heavy (non-hydrogen) atoms. The molecule has 150 valence electrons. The summed E-state index contributed by atoms with van der Waals surface area (Å²) in [5.41, 5.74) is 4.35. The number of carbonyl (C=O) groups excluding carboxylic acids is 1. The minimum Gasteiger partial charge on any atom is -0.483 e. The van der Waals surface area contributed by atoms with Crippen LogP contribution in [-0.2, 0) is 11.3 Å². The molecule has 0 unspecified atom stereocenters. The number of aromatic amines is 1. The van der Waals surface area contributed by atoms with E-state index in [1.165, 1.54) is 6.21 Å². The van der Waals surface area contributed by atoms with Crippen molar-refractivity contribution in [2.75, 3.05) is 17.9 Å². The number of hydrazone groups is 1. The minimum absolute atomic E-state index is 0.121. The number of amides is 1. The van der Waals surface area contributed by atoms with Crippen LogP contribution in [0.2, 0.25) is 0 Å². The van der Waals surface area contributed by atoms with Crippen LogP contribution >= 0.6 is 28.1 Å². The lowest BCUT2D eigenvalue weighted by Crippen LogP contribution is -2.28. The van der Waals surface area contributed by atoms with E-state index in [4.69, 9.17) is 22.8 Å². The van der Waals surface area contributed by atoms with E-state index in [0.29, 0.717) is 17.9 Å². The number of rotatable bonds is 8. The van der Waals surface area contributed by atoms with Gasteiger partial charge < -0.3 is 15.9 Å². The number of nitrogens with zero attached hydrogens (tertiary/aromatic N) is 3. The molecule has 0 aliphatic carbocycles. The average Bonchev–Trinajstić information content (AvgIpc) is 3.04. The number of nitrogen functional groups attached to an aromatic ring is 1. The summed E-state index contributed by atoms with van der Waals surface area (Å²) in [4.78, 5) is 12.1. The Kier molecular flexibility index (Phi) is 6.98. The normalized spacial score (nSPS) is 10.8. The van der Waals surface area contributed by atoms with Crippen LogP contribution in [0.15, 0.2) is 58.1 Å². The lowest BCUT2D eigenvalue weighted by molar-refractivity contribution is -0.123. The van der Waals surface area contributed by atoms with Gasteiger partial charge in [0.2, 0.25) is 4.77 Å². The summed E-state index contributed by atoms with van der Waals surface area (Å²) in [6.07, 6.45) is 1.53. The molecule has 0 saturated carbocycles. The molecule has 1 heterocycles. The molecule has 1 amide bonds. The number of ether oxygens (including phenoxy) is 1. The van der Waals surface area contributed by atoms with Crippen LogP contribution in [0.25, 0.3) is 0 Å². The maximum absolute atomic E-state index is 12.1. The van der Waals surface area contributed by atoms with Gasteiger partial charge in [-0.15, -0.1) is 5.10 Å². The largest absolute Gasteiger partial charge is 0.483 e. The summed E-state index contributed by atoms with van der Waals surface area (Å²) in [6, 6.07) is 15.0. The number of carbonyl (C=O) groups is 1. The number of hydrogen-bond acceptors (Lipinski definition) is 7. The maximum atomic E-state index is 12.1. The van der Waals surface area contributed by atoms with Crippen molar-refractivity contribution in [1.29, 1.82) is 0 Å². The van der Waals surface area contributed by atoms with E-state index in [1.807, 2.05) is 42.5 Å². The van der Waals surface area contributed by atoms with E-state index < -0.39 is 0 Å². The van der Waals surface area contributed by atoms with Crippen LogP contribution in [0, 0.1) is 4.77 Å². The first-order valence-electron chi connectivity index (χ1n) is 8.47. The summed E-state index contributed by atoms with van der Waals surface area (Å²) >= 11 is 8.34. The highest BCUT2D eigenvalue weighted by Crippen LogP contribution is 2.22. The predicted molar refractivity (Wildman–Crippen MR) is 117 cm³/mol. The second-order valence-corrected chi connectivity index (χ2v) is 7.13. The van der Waals surface area contributed by atoms with E-state index in [-0.39, 0.29) is 23.2 Å². The second kappa shape index (κ2) is 9.85. The number of halogens is 1. The van der Waals surface area contributed by atoms with Crippen molar-refractivity contribution in [3.05, 3.63) is 68.9 Å². The molecule has 0 atom stereocenters. The van der Waals surface area contributed by atoms with E-state index in [2.05, 4.69) is 42.0 Å². The zero-order valence-corrected chi connectivity index (χ0v) is 17.5. The lowest BCUT2D eigenvalue weighted by Gasteiger charge is -2.10. The highest BCUT2D eigenvalue weighted by Gasteiger charge is 2.07. The molecule has 2 aromatic carbocycles. The molecule has 0 spiro atoms. The third-order valence-corrected chi connectivity index (χ3v) is 4.52. The maximum Gasteiger partial charge on any atom is 0.262 e. The Morgan fingerprint density at radius 2 is 2.14 bits per heavy atom. The molecule has 9 nitrogen and oxygen atoms in total. The smallest absolute Gasteiger partial charge is 0.262 e. The Hall–Kier alpha value is -3.18. The third-order valence-electron chi connectivity index (χ3n) is 3.74.